The normalized spacial score (nSPS) is 22.9. The molecule has 10 heteroatoms. The van der Waals surface area contributed by atoms with Crippen LogP contribution < -0.4 is 0 Å². The molecule has 3 aromatic heterocycles. The average molecular weight is 564 g/mol. The van der Waals surface area contributed by atoms with Gasteiger partial charge in [0, 0.05) is 39.1 Å². The maximum absolute atomic E-state index is 14.3. The zero-order valence-corrected chi connectivity index (χ0v) is 23.8. The molecule has 0 radical (unpaired) electrons. The molecule has 2 aliphatic rings. The van der Waals surface area contributed by atoms with Crippen LogP contribution in [0.5, 0.6) is 0 Å². The van der Waals surface area contributed by atoms with Crippen molar-refractivity contribution in [3.8, 4) is 5.69 Å². The van der Waals surface area contributed by atoms with Crippen molar-refractivity contribution in [1.82, 2.24) is 24.5 Å². The number of benzene rings is 1. The Labute approximate surface area is 231 Å². The number of aromatic nitrogens is 5. The number of ketones is 1. The molecule has 39 heavy (non-hydrogen) atoms. The van der Waals surface area contributed by atoms with Gasteiger partial charge < -0.3 is 0 Å². The summed E-state index contributed by atoms with van der Waals surface area (Å²) in [5.41, 5.74) is 2.89. The number of carbonyl (C=O) groups excluding carboxylic acids is 1. The van der Waals surface area contributed by atoms with Crippen molar-refractivity contribution in [3.05, 3.63) is 81.6 Å². The lowest BCUT2D eigenvalue weighted by Gasteiger charge is -2.45. The van der Waals surface area contributed by atoms with Crippen LogP contribution in [0.2, 0.25) is 0 Å². The summed E-state index contributed by atoms with van der Waals surface area (Å²) in [4.78, 5) is 20.4. The number of halogens is 1. The molecule has 0 amide bonds. The van der Waals surface area contributed by atoms with Crippen LogP contribution in [0.3, 0.4) is 0 Å². The number of hydrogen-bond acceptors (Lipinski definition) is 6. The van der Waals surface area contributed by atoms with Crippen LogP contribution in [-0.4, -0.2) is 45.7 Å². The average Bonchev–Trinajstić information content (AvgIpc) is 3.66. The summed E-state index contributed by atoms with van der Waals surface area (Å²) in [7, 11) is -0.836. The maximum atomic E-state index is 14.3. The van der Waals surface area contributed by atoms with Gasteiger partial charge in [0.2, 0.25) is 5.78 Å². The van der Waals surface area contributed by atoms with E-state index in [1.165, 1.54) is 23.5 Å². The Hall–Kier alpha value is -3.37. The molecule has 0 saturated heterocycles. The summed E-state index contributed by atoms with van der Waals surface area (Å²) in [5.74, 6) is 3.90. The smallest absolute Gasteiger partial charge is 0.201 e. The molecule has 1 unspecified atom stereocenters. The van der Waals surface area contributed by atoms with E-state index < -0.39 is 14.9 Å². The maximum Gasteiger partial charge on any atom is 0.201 e. The highest BCUT2D eigenvalue weighted by molar-refractivity contribution is 8.00. The van der Waals surface area contributed by atoms with E-state index in [-0.39, 0.29) is 22.8 Å². The number of Topliss-reactive ketones (excluding diaryl/α,β-unsaturated/α-hetero) is 1. The number of rotatable bonds is 6. The van der Waals surface area contributed by atoms with Crippen molar-refractivity contribution in [2.24, 2.45) is 18.4 Å². The van der Waals surface area contributed by atoms with Crippen LogP contribution in [0.4, 0.5) is 4.39 Å². The van der Waals surface area contributed by atoms with E-state index in [1.807, 2.05) is 18.5 Å². The van der Waals surface area contributed by atoms with E-state index in [4.69, 9.17) is 0 Å². The zero-order valence-electron chi connectivity index (χ0n) is 22.1. The van der Waals surface area contributed by atoms with E-state index in [0.717, 1.165) is 33.8 Å². The van der Waals surface area contributed by atoms with Gasteiger partial charge in [-0.2, -0.15) is 10.2 Å². The highest BCUT2D eigenvalue weighted by Crippen LogP contribution is 2.53. The molecule has 3 heterocycles. The molecule has 6 rings (SSSR count). The summed E-state index contributed by atoms with van der Waals surface area (Å²) in [5, 5.41) is 9.09. The van der Waals surface area contributed by atoms with Crippen molar-refractivity contribution in [2.45, 2.75) is 49.7 Å². The Balaban J connectivity index is 1.41. The molecule has 4 aromatic rings. The van der Waals surface area contributed by atoms with Gasteiger partial charge in [-0.3, -0.25) is 13.7 Å². The van der Waals surface area contributed by atoms with E-state index in [2.05, 4.69) is 27.1 Å². The van der Waals surface area contributed by atoms with Crippen LogP contribution in [0, 0.1) is 24.1 Å². The molecule has 1 saturated carbocycles. The zero-order chi connectivity index (χ0) is 27.5. The van der Waals surface area contributed by atoms with Gasteiger partial charge in [0.15, 0.2) is 5.01 Å². The fourth-order valence-corrected chi connectivity index (χ4v) is 8.75. The molecule has 1 fully saturated rings. The number of fused-ring (bicyclic) bond motifs is 2. The SMILES string of the molecule is C=S(=O)(c1cnn(C)c1)[C@H](C)[C@H]1CCC2=Cc3c(cnn3-c3ccc(F)cc3)C[C@]2(C(=O)c2ncc(C)s2)C1. The highest BCUT2D eigenvalue weighted by Gasteiger charge is 2.51. The molecule has 7 nitrogen and oxygen atoms in total. The van der Waals surface area contributed by atoms with Crippen LogP contribution in [0.15, 0.2) is 59.5 Å². The molecule has 1 aromatic carbocycles. The Morgan fingerprint density at radius 2 is 2.00 bits per heavy atom. The molecule has 202 valence electrons. The van der Waals surface area contributed by atoms with Crippen LogP contribution in [0.1, 0.15) is 52.1 Å². The van der Waals surface area contributed by atoms with E-state index in [0.29, 0.717) is 29.2 Å². The lowest BCUT2D eigenvalue weighted by molar-refractivity contribution is 0.0759. The second kappa shape index (κ2) is 9.38. The first kappa shape index (κ1) is 25.9. The second-order valence-corrected chi connectivity index (χ2v) is 14.7. The molecule has 0 aliphatic heterocycles. The third kappa shape index (κ3) is 4.30. The lowest BCUT2D eigenvalue weighted by Crippen LogP contribution is -2.45. The first-order chi connectivity index (χ1) is 18.6. The van der Waals surface area contributed by atoms with Crippen molar-refractivity contribution >= 4 is 38.6 Å². The van der Waals surface area contributed by atoms with E-state index >= 15 is 0 Å². The number of aryl methyl sites for hydroxylation is 2. The number of thiazole rings is 1. The van der Waals surface area contributed by atoms with Gasteiger partial charge in [-0.1, -0.05) is 12.5 Å². The first-order valence-electron chi connectivity index (χ1n) is 12.9. The molecule has 0 spiro atoms. The van der Waals surface area contributed by atoms with Gasteiger partial charge in [0.25, 0.3) is 0 Å². The minimum atomic E-state index is -2.64. The predicted octanol–water partition coefficient (Wildman–Crippen LogP) is 5.28. The van der Waals surface area contributed by atoms with Crippen LogP contribution in [0.25, 0.3) is 11.8 Å². The molecule has 4 atom stereocenters. The minimum Gasteiger partial charge on any atom is -0.290 e. The fraction of sp³-hybridized carbons (Fsp3) is 0.345. The summed E-state index contributed by atoms with van der Waals surface area (Å²) < 4.78 is 31.0. The van der Waals surface area contributed by atoms with Crippen molar-refractivity contribution in [3.63, 3.8) is 0 Å². The number of hydrogen-bond donors (Lipinski definition) is 0. The topological polar surface area (TPSA) is 82.7 Å². The van der Waals surface area contributed by atoms with Gasteiger partial charge in [-0.25, -0.2) is 14.1 Å². The third-order valence-electron chi connectivity index (χ3n) is 8.37. The van der Waals surface area contributed by atoms with Gasteiger partial charge in [-0.05, 0) is 80.3 Å². The van der Waals surface area contributed by atoms with Crippen molar-refractivity contribution < 1.29 is 13.4 Å². The summed E-state index contributed by atoms with van der Waals surface area (Å²) >= 11 is 1.42. The second-order valence-electron chi connectivity index (χ2n) is 10.8. The largest absolute Gasteiger partial charge is 0.290 e. The van der Waals surface area contributed by atoms with Crippen LogP contribution >= 0.6 is 11.3 Å². The molecular weight excluding hydrogens is 533 g/mol. The lowest BCUT2D eigenvalue weighted by atomic mass is 9.59. The quantitative estimate of drug-likeness (QED) is 0.235. The summed E-state index contributed by atoms with van der Waals surface area (Å²) in [6.45, 7) is 3.94. The fourth-order valence-electron chi connectivity index (χ4n) is 6.10. The predicted molar refractivity (Wildman–Crippen MR) is 152 cm³/mol. The molecule has 0 N–H and O–H groups in total. The van der Waals surface area contributed by atoms with Crippen LogP contribution in [-0.2, 0) is 23.0 Å². The van der Waals surface area contributed by atoms with Gasteiger partial charge >= 0.3 is 0 Å². The number of allylic oxidation sites excluding steroid dienone is 1. The Morgan fingerprint density at radius 1 is 1.23 bits per heavy atom. The Bertz CT molecular complexity index is 1710. The Kier molecular flexibility index (Phi) is 6.22. The molecule has 0 bridgehead atoms. The summed E-state index contributed by atoms with van der Waals surface area (Å²) in [6, 6.07) is 6.25. The van der Waals surface area contributed by atoms with Crippen molar-refractivity contribution in [1.29, 1.82) is 0 Å². The van der Waals surface area contributed by atoms with Gasteiger partial charge in [-0.15, -0.1) is 11.3 Å². The third-order valence-corrected chi connectivity index (χ3v) is 11.9. The monoisotopic (exact) mass is 563 g/mol. The summed E-state index contributed by atoms with van der Waals surface area (Å²) in [6.07, 6.45) is 11.6. The van der Waals surface area contributed by atoms with E-state index in [9.17, 15) is 13.4 Å². The van der Waals surface area contributed by atoms with Gasteiger partial charge in [0.1, 0.15) is 5.82 Å². The Morgan fingerprint density at radius 3 is 2.67 bits per heavy atom. The van der Waals surface area contributed by atoms with Gasteiger partial charge in [0.05, 0.1) is 34.1 Å². The molecular formula is C29H30FN5O2S2. The number of carbonyl (C=O) groups is 1. The standard InChI is InChI=1S/C29H30FN5O2S2/c1-18-14-31-28(38-18)27(36)29-12-20(19(2)39(4,37)25-16-32-34(3)17-25)5-6-22(29)11-26-21(13-29)15-33-35(26)24-9-7-23(30)8-10-24/h7-11,14-17,19-20H,4-6,12-13H2,1-3H3/t19-,20+,29-,39?/m1/s1. The number of nitrogens with zero attached hydrogens (tertiary/aromatic N) is 5. The first-order valence-corrected chi connectivity index (χ1v) is 15.5. The minimum absolute atomic E-state index is 0.0147. The highest BCUT2D eigenvalue weighted by atomic mass is 32.2. The molecule has 2 aliphatic carbocycles. The van der Waals surface area contributed by atoms with Crippen molar-refractivity contribution in [2.75, 3.05) is 0 Å². The van der Waals surface area contributed by atoms with E-state index in [1.54, 1.807) is 48.6 Å².